The first kappa shape index (κ1) is 35.7. The van der Waals surface area contributed by atoms with Gasteiger partial charge in [0.2, 0.25) is 0 Å². The van der Waals surface area contributed by atoms with Gasteiger partial charge in [-0.2, -0.15) is 0 Å². The van der Waals surface area contributed by atoms with Crippen molar-refractivity contribution in [2.45, 2.75) is 6.17 Å². The summed E-state index contributed by atoms with van der Waals surface area (Å²) in [4.78, 5) is 10.0. The van der Waals surface area contributed by atoms with Crippen molar-refractivity contribution in [3.05, 3.63) is 234 Å². The minimum absolute atomic E-state index is 0.367. The Morgan fingerprint density at radius 2 is 0.905 bits per heavy atom. The van der Waals surface area contributed by atoms with Crippen LogP contribution in [0.2, 0.25) is 0 Å². The summed E-state index contributed by atoms with van der Waals surface area (Å²) in [5.41, 5.74) is 12.5. The fraction of sp³-hybridized carbons (Fsp3) is 0.0175. The molecule has 13 rings (SSSR count). The van der Waals surface area contributed by atoms with Gasteiger partial charge in [0.1, 0.15) is 0 Å². The van der Waals surface area contributed by atoms with E-state index in [1.54, 1.807) is 0 Å². The van der Waals surface area contributed by atoms with Crippen LogP contribution in [-0.2, 0) is 0 Å². The normalized spacial score (nSPS) is 14.2. The number of benzene rings is 9. The summed E-state index contributed by atoms with van der Waals surface area (Å²) < 4.78 is 7.23. The van der Waals surface area contributed by atoms with Gasteiger partial charge in [0.05, 0.1) is 34.1 Å². The van der Waals surface area contributed by atoms with E-state index < -0.39 is 0 Å². The first-order valence-electron chi connectivity index (χ1n) is 21.3. The minimum atomic E-state index is -0.367. The fourth-order valence-electron chi connectivity index (χ4n) is 9.54. The zero-order valence-corrected chi connectivity index (χ0v) is 34.7. The number of fused-ring (bicyclic) bond motifs is 9. The predicted octanol–water partition coefficient (Wildman–Crippen LogP) is 15.2. The van der Waals surface area contributed by atoms with Gasteiger partial charge < -0.3 is 19.4 Å². The van der Waals surface area contributed by atoms with E-state index in [-0.39, 0.29) is 6.17 Å². The van der Waals surface area contributed by atoms with Crippen LogP contribution in [0.1, 0.15) is 22.9 Å². The maximum absolute atomic E-state index is 5.09. The third kappa shape index (κ3) is 5.83. The Labute approximate surface area is 367 Å². The zero-order chi connectivity index (χ0) is 41.4. The van der Waals surface area contributed by atoms with E-state index in [4.69, 9.17) is 15.3 Å². The monoisotopic (exact) mass is 822 g/mol. The first-order chi connectivity index (χ1) is 31.2. The highest BCUT2D eigenvalue weighted by Crippen LogP contribution is 2.41. The van der Waals surface area contributed by atoms with Crippen molar-refractivity contribution in [3.8, 4) is 22.5 Å². The molecular weight excluding hydrogens is 787 g/mol. The summed E-state index contributed by atoms with van der Waals surface area (Å²) >= 11 is 1.82. The number of aromatic nitrogens is 2. The SMILES string of the molecule is c1ccc(C2=NC(c3ccccc3)[N-]C(c3ccc4c(c3)sc3cc(-n5c6ccccc6c6cc(-c7ccc8c(c7)c7ccccc7n8-c7ccccc7)ccc65)ccc34)=N2)cc1. The molecule has 1 unspecified atom stereocenters. The van der Waals surface area contributed by atoms with Crippen LogP contribution < -0.4 is 0 Å². The van der Waals surface area contributed by atoms with Crippen molar-refractivity contribution >= 4 is 86.8 Å². The Kier molecular flexibility index (Phi) is 8.08. The highest BCUT2D eigenvalue weighted by atomic mass is 32.1. The molecule has 0 saturated carbocycles. The molecule has 0 spiro atoms. The number of aliphatic imine (C=N–C) groups is 2. The molecule has 1 aliphatic rings. The van der Waals surface area contributed by atoms with Gasteiger partial charge in [-0.15, -0.1) is 11.3 Å². The van der Waals surface area contributed by atoms with E-state index in [2.05, 4.69) is 185 Å². The molecule has 6 heteroatoms. The Morgan fingerprint density at radius 3 is 1.57 bits per heavy atom. The lowest BCUT2D eigenvalue weighted by molar-refractivity contribution is 0.878. The molecule has 0 bridgehead atoms. The second-order valence-electron chi connectivity index (χ2n) is 16.2. The molecule has 296 valence electrons. The van der Waals surface area contributed by atoms with Crippen molar-refractivity contribution in [1.82, 2.24) is 9.13 Å². The molecule has 0 aliphatic carbocycles. The van der Waals surface area contributed by atoms with Crippen LogP contribution in [-0.4, -0.2) is 20.8 Å². The summed E-state index contributed by atoms with van der Waals surface area (Å²) in [6.07, 6.45) is -0.367. The molecule has 3 aromatic heterocycles. The topological polar surface area (TPSA) is 48.7 Å². The van der Waals surface area contributed by atoms with Gasteiger partial charge in [-0.3, -0.25) is 4.99 Å². The molecule has 63 heavy (non-hydrogen) atoms. The quantitative estimate of drug-likeness (QED) is 0.160. The van der Waals surface area contributed by atoms with Crippen molar-refractivity contribution in [1.29, 1.82) is 0 Å². The number of para-hydroxylation sites is 3. The highest BCUT2D eigenvalue weighted by molar-refractivity contribution is 7.25. The molecule has 0 saturated heterocycles. The number of rotatable bonds is 6. The van der Waals surface area contributed by atoms with Crippen molar-refractivity contribution in [2.75, 3.05) is 0 Å². The van der Waals surface area contributed by atoms with Gasteiger partial charge in [-0.25, -0.2) is 0 Å². The highest BCUT2D eigenvalue weighted by Gasteiger charge is 2.18. The van der Waals surface area contributed by atoms with Crippen LogP contribution in [0, 0.1) is 0 Å². The molecule has 0 amide bonds. The molecular formula is C57H36N5S-. The second kappa shape index (κ2) is 14.3. The van der Waals surface area contributed by atoms with E-state index in [1.165, 1.54) is 80.6 Å². The average Bonchev–Trinajstić information content (AvgIpc) is 4.01. The number of thiophene rings is 1. The lowest BCUT2D eigenvalue weighted by Crippen LogP contribution is -2.15. The molecule has 0 fully saturated rings. The summed E-state index contributed by atoms with van der Waals surface area (Å²) in [5, 5.41) is 12.5. The summed E-state index contributed by atoms with van der Waals surface area (Å²) in [6, 6.07) is 76.0. The standard InChI is InChI=1S/C57H36N5S/c1-4-14-36(15-5-1)55-58-56(37-16-6-2-7-17-37)60-57(59-55)40-24-28-45-46-29-27-42(35-54(46)63-53(45)34-40)62-50-23-13-11-21-44(50)48-33-39(26-31-52(48)62)38-25-30-51-47(32-38)43-20-10-12-22-49(43)61(51)41-18-8-3-9-19-41/h1-35,55H/q-1. The number of hydrogen-bond acceptors (Lipinski definition) is 3. The third-order valence-electron chi connectivity index (χ3n) is 12.5. The predicted molar refractivity (Wildman–Crippen MR) is 266 cm³/mol. The van der Waals surface area contributed by atoms with Gasteiger partial charge in [-0.05, 0) is 94.5 Å². The minimum Gasteiger partial charge on any atom is -0.438 e. The van der Waals surface area contributed by atoms with E-state index >= 15 is 0 Å². The van der Waals surface area contributed by atoms with E-state index in [1.807, 2.05) is 47.7 Å². The lowest BCUT2D eigenvalue weighted by atomic mass is 10.0. The Morgan fingerprint density at radius 1 is 0.381 bits per heavy atom. The maximum atomic E-state index is 5.09. The van der Waals surface area contributed by atoms with Crippen LogP contribution in [0.3, 0.4) is 0 Å². The van der Waals surface area contributed by atoms with Crippen LogP contribution in [0.15, 0.2) is 222 Å². The third-order valence-corrected chi connectivity index (χ3v) is 13.6. The van der Waals surface area contributed by atoms with Gasteiger partial charge in [0.15, 0.2) is 0 Å². The van der Waals surface area contributed by atoms with E-state index in [0.717, 1.165) is 22.4 Å². The number of nitrogens with zero attached hydrogens (tertiary/aromatic N) is 5. The Bertz CT molecular complexity index is 3820. The van der Waals surface area contributed by atoms with Crippen molar-refractivity contribution in [3.63, 3.8) is 0 Å². The fourth-order valence-corrected chi connectivity index (χ4v) is 10.7. The van der Waals surface area contributed by atoms with Gasteiger partial charge in [0, 0.05) is 53.1 Å². The van der Waals surface area contributed by atoms with Crippen LogP contribution in [0.4, 0.5) is 0 Å². The summed E-state index contributed by atoms with van der Waals surface area (Å²) in [7, 11) is 0. The van der Waals surface area contributed by atoms with E-state index in [9.17, 15) is 0 Å². The van der Waals surface area contributed by atoms with E-state index in [0.29, 0.717) is 11.7 Å². The summed E-state index contributed by atoms with van der Waals surface area (Å²) in [6.45, 7) is 0. The molecule has 1 aliphatic heterocycles. The second-order valence-corrected chi connectivity index (χ2v) is 17.2. The lowest BCUT2D eigenvalue weighted by Gasteiger charge is -2.32. The molecule has 12 aromatic rings. The zero-order valence-electron chi connectivity index (χ0n) is 33.9. The maximum Gasteiger partial charge on any atom is 0.0822 e. The van der Waals surface area contributed by atoms with Gasteiger partial charge in [-0.1, -0.05) is 151 Å². The Hall–Kier alpha value is -8.06. The van der Waals surface area contributed by atoms with Gasteiger partial charge in [0.25, 0.3) is 0 Å². The summed E-state index contributed by atoms with van der Waals surface area (Å²) in [5.74, 6) is 1.39. The molecule has 0 radical (unpaired) electrons. The van der Waals surface area contributed by atoms with Crippen LogP contribution in [0.5, 0.6) is 0 Å². The smallest absolute Gasteiger partial charge is 0.0822 e. The van der Waals surface area contributed by atoms with Crippen LogP contribution in [0.25, 0.3) is 91.6 Å². The Balaban J connectivity index is 0.893. The molecule has 9 aromatic carbocycles. The number of amidine groups is 2. The molecule has 4 heterocycles. The molecule has 1 atom stereocenters. The van der Waals surface area contributed by atoms with Gasteiger partial charge >= 0.3 is 0 Å². The van der Waals surface area contributed by atoms with Crippen LogP contribution >= 0.6 is 11.3 Å². The largest absolute Gasteiger partial charge is 0.438 e. The average molecular weight is 823 g/mol. The number of hydrogen-bond donors (Lipinski definition) is 0. The van der Waals surface area contributed by atoms with Crippen molar-refractivity contribution in [2.24, 2.45) is 9.98 Å². The van der Waals surface area contributed by atoms with Crippen molar-refractivity contribution < 1.29 is 0 Å². The molecule has 5 nitrogen and oxygen atoms in total. The molecule has 0 N–H and O–H groups in total. The first-order valence-corrected chi connectivity index (χ1v) is 22.1.